The summed E-state index contributed by atoms with van der Waals surface area (Å²) in [6.45, 7) is 2.85. The Morgan fingerprint density at radius 2 is 1.22 bits per heavy atom. The zero-order valence-electron chi connectivity index (χ0n) is 11.4. The molecule has 0 aromatic carbocycles. The van der Waals surface area contributed by atoms with Crippen LogP contribution in [0.4, 0.5) is 0 Å². The molecule has 0 spiro atoms. The van der Waals surface area contributed by atoms with Crippen molar-refractivity contribution in [1.82, 2.24) is 0 Å². The third-order valence-electron chi connectivity index (χ3n) is 2.44. The second kappa shape index (κ2) is 11.5. The summed E-state index contributed by atoms with van der Waals surface area (Å²) in [5.74, 6) is -0.416. The number of carbonyl (C=O) groups excluding carboxylic acids is 2. The molecular weight excluding hydrogens is 617 g/mol. The summed E-state index contributed by atoms with van der Waals surface area (Å²) < 4.78 is 22.5. The van der Waals surface area contributed by atoms with E-state index in [9.17, 15) is 9.59 Å². The Bertz CT molecular complexity index is 235. The standard InChI is InChI=1S/C6H12O2.2C2H4O2.2Hg/c1-5(7-3)6(2)8-4;2*1-2(3)4;;/h5-6H,1-2H2,3-4H3;2*1H3,(H,3,4);;/q;;;2*+1/p-2. The van der Waals surface area contributed by atoms with Crippen molar-refractivity contribution < 1.29 is 74.4 Å². The molecule has 0 aliphatic heterocycles. The Morgan fingerprint density at radius 1 is 0.889 bits per heavy atom. The maximum atomic E-state index is 10.7. The number of hydrogen-bond donors (Lipinski definition) is 0. The predicted octanol–water partition coefficient (Wildman–Crippen LogP) is 0.974. The van der Waals surface area contributed by atoms with E-state index in [2.05, 4.69) is 0 Å². The summed E-state index contributed by atoms with van der Waals surface area (Å²) in [4.78, 5) is 21.4. The molecule has 2 atom stereocenters. The van der Waals surface area contributed by atoms with Crippen molar-refractivity contribution in [2.75, 3.05) is 14.2 Å². The van der Waals surface area contributed by atoms with Gasteiger partial charge >= 0.3 is 134 Å². The average molecular weight is 635 g/mol. The maximum absolute atomic E-state index is 10.7. The molecule has 18 heavy (non-hydrogen) atoms. The van der Waals surface area contributed by atoms with Gasteiger partial charge in [0.15, 0.2) is 0 Å². The Morgan fingerprint density at radius 3 is 1.44 bits per heavy atom. The zero-order chi connectivity index (χ0) is 14.0. The Balaban J connectivity index is 4.04. The molecule has 98 valence electrons. The van der Waals surface area contributed by atoms with E-state index in [0.717, 1.165) is 7.86 Å². The summed E-state index contributed by atoms with van der Waals surface area (Å²) in [6.07, 6.45) is -0.0989. The quantitative estimate of drug-likeness (QED) is 0.352. The van der Waals surface area contributed by atoms with Gasteiger partial charge in [0.1, 0.15) is 0 Å². The predicted molar refractivity (Wildman–Crippen MR) is 54.7 cm³/mol. The van der Waals surface area contributed by atoms with Crippen LogP contribution in [-0.4, -0.2) is 38.4 Å². The molecule has 0 N–H and O–H groups in total. The van der Waals surface area contributed by atoms with Crippen LogP contribution in [-0.2, 0) is 74.4 Å². The molecule has 0 heterocycles. The molecule has 0 aliphatic carbocycles. The van der Waals surface area contributed by atoms with E-state index < -0.39 is 50.1 Å². The van der Waals surface area contributed by atoms with Gasteiger partial charge < -0.3 is 0 Å². The molecule has 0 fully saturated rings. The van der Waals surface area contributed by atoms with E-state index in [-0.39, 0.29) is 24.1 Å². The van der Waals surface area contributed by atoms with E-state index in [4.69, 9.17) is 14.8 Å². The van der Waals surface area contributed by atoms with E-state index in [1.807, 2.05) is 0 Å². The Hall–Kier alpha value is 0.730. The first kappa shape index (κ1) is 18.7. The van der Waals surface area contributed by atoms with Gasteiger partial charge in [0.2, 0.25) is 0 Å². The Labute approximate surface area is 133 Å². The summed E-state index contributed by atoms with van der Waals surface area (Å²) in [5.41, 5.74) is 0. The minimum absolute atomic E-state index is 0.0495. The fourth-order valence-corrected chi connectivity index (χ4v) is 11.2. The number of rotatable bonds is 9. The first-order chi connectivity index (χ1) is 8.51. The first-order valence-electron chi connectivity index (χ1n) is 5.83. The van der Waals surface area contributed by atoms with E-state index in [1.54, 1.807) is 14.2 Å². The third kappa shape index (κ3) is 9.63. The molecule has 0 aromatic heterocycles. The van der Waals surface area contributed by atoms with Crippen LogP contribution in [0.15, 0.2) is 0 Å². The molecule has 0 saturated heterocycles. The first-order valence-corrected chi connectivity index (χ1v) is 18.1. The van der Waals surface area contributed by atoms with E-state index in [1.165, 1.54) is 13.8 Å². The SMILES string of the molecule is COC([CH2][Hg][O]C(C)=O)C([CH2][Hg][O]C(C)=O)OC. The fraction of sp³-hybridized carbons (Fsp3) is 0.800. The van der Waals surface area contributed by atoms with Gasteiger partial charge in [-0.2, -0.15) is 0 Å². The molecule has 0 rings (SSSR count). The van der Waals surface area contributed by atoms with Gasteiger partial charge in [-0.15, -0.1) is 0 Å². The van der Waals surface area contributed by atoms with Crippen molar-refractivity contribution in [2.45, 2.75) is 33.9 Å². The summed E-state index contributed by atoms with van der Waals surface area (Å²) in [5, 5.41) is 0. The second-order valence-corrected chi connectivity index (χ2v) is 13.7. The van der Waals surface area contributed by atoms with Crippen LogP contribution in [0.5, 0.6) is 0 Å². The summed E-state index contributed by atoms with van der Waals surface area (Å²) in [6, 6.07) is 0. The van der Waals surface area contributed by atoms with Crippen LogP contribution in [0.2, 0.25) is 7.86 Å². The summed E-state index contributed by atoms with van der Waals surface area (Å²) in [7, 11) is 3.25. The normalized spacial score (nSPS) is 12.9. The molecule has 0 bridgehead atoms. The van der Waals surface area contributed by atoms with Crippen molar-refractivity contribution in [2.24, 2.45) is 0 Å². The van der Waals surface area contributed by atoms with Crippen molar-refractivity contribution in [3.05, 3.63) is 0 Å². The van der Waals surface area contributed by atoms with Crippen LogP contribution in [0, 0.1) is 0 Å². The van der Waals surface area contributed by atoms with Gasteiger partial charge in [-0.3, -0.25) is 0 Å². The summed E-state index contributed by atoms with van der Waals surface area (Å²) >= 11 is -3.32. The van der Waals surface area contributed by atoms with Crippen LogP contribution in [0.25, 0.3) is 0 Å². The fourth-order valence-electron chi connectivity index (χ4n) is 1.55. The van der Waals surface area contributed by atoms with Crippen LogP contribution >= 0.6 is 0 Å². The number of methoxy groups -OCH3 is 2. The Kier molecular flexibility index (Phi) is 12.0. The van der Waals surface area contributed by atoms with Gasteiger partial charge in [-0.25, -0.2) is 0 Å². The number of carbonyl (C=O) groups is 2. The second-order valence-electron chi connectivity index (χ2n) is 3.81. The molecule has 8 heteroatoms. The van der Waals surface area contributed by atoms with Crippen molar-refractivity contribution in [3.8, 4) is 0 Å². The molecular formula is C10H18Hg2O6. The van der Waals surface area contributed by atoms with Crippen molar-refractivity contribution >= 4 is 11.9 Å². The van der Waals surface area contributed by atoms with Crippen LogP contribution in [0.1, 0.15) is 13.8 Å². The van der Waals surface area contributed by atoms with E-state index in [0.29, 0.717) is 0 Å². The van der Waals surface area contributed by atoms with Crippen molar-refractivity contribution in [3.63, 3.8) is 0 Å². The van der Waals surface area contributed by atoms with E-state index >= 15 is 0 Å². The molecule has 2 unspecified atom stereocenters. The third-order valence-corrected chi connectivity index (χ3v) is 13.4. The molecule has 0 saturated carbocycles. The molecule has 0 radical (unpaired) electrons. The molecule has 0 amide bonds. The monoisotopic (exact) mass is 638 g/mol. The van der Waals surface area contributed by atoms with Crippen LogP contribution < -0.4 is 0 Å². The minimum atomic E-state index is -1.66. The zero-order valence-corrected chi connectivity index (χ0v) is 22.4. The molecule has 0 aliphatic rings. The van der Waals surface area contributed by atoms with Crippen molar-refractivity contribution in [1.29, 1.82) is 0 Å². The molecule has 0 aromatic rings. The molecule has 6 nitrogen and oxygen atoms in total. The average Bonchev–Trinajstić information content (AvgIpc) is 2.30. The van der Waals surface area contributed by atoms with Gasteiger partial charge in [-0.1, -0.05) is 0 Å². The van der Waals surface area contributed by atoms with Gasteiger partial charge in [0.25, 0.3) is 0 Å². The van der Waals surface area contributed by atoms with Gasteiger partial charge in [0, 0.05) is 0 Å². The number of ether oxygens (including phenoxy) is 2. The number of hydrogen-bond acceptors (Lipinski definition) is 6. The topological polar surface area (TPSA) is 71.1 Å². The van der Waals surface area contributed by atoms with Gasteiger partial charge in [0.05, 0.1) is 0 Å². The van der Waals surface area contributed by atoms with Crippen LogP contribution in [0.3, 0.4) is 0 Å². The van der Waals surface area contributed by atoms with Gasteiger partial charge in [-0.05, 0) is 0 Å².